The van der Waals surface area contributed by atoms with Crippen LogP contribution >= 0.6 is 0 Å². The van der Waals surface area contributed by atoms with Gasteiger partial charge in [-0.25, -0.2) is 8.42 Å². The highest BCUT2D eigenvalue weighted by molar-refractivity contribution is 7.92. The molecule has 3 rings (SSSR count). The molecule has 0 radical (unpaired) electrons. The predicted molar refractivity (Wildman–Crippen MR) is 97.3 cm³/mol. The lowest BCUT2D eigenvalue weighted by atomic mass is 10.1. The van der Waals surface area contributed by atoms with Gasteiger partial charge >= 0.3 is 0 Å². The molecule has 8 heteroatoms. The Morgan fingerprint density at radius 2 is 1.81 bits per heavy atom. The van der Waals surface area contributed by atoms with E-state index in [0.29, 0.717) is 13.1 Å². The summed E-state index contributed by atoms with van der Waals surface area (Å²) >= 11 is 0. The van der Waals surface area contributed by atoms with Crippen molar-refractivity contribution in [3.63, 3.8) is 0 Å². The molecule has 0 aromatic heterocycles. The number of piperazine rings is 1. The third kappa shape index (κ3) is 3.85. The first-order valence-electron chi connectivity index (χ1n) is 8.11. The Balaban J connectivity index is 1.88. The van der Waals surface area contributed by atoms with Crippen LogP contribution in [0, 0.1) is 6.92 Å². The van der Waals surface area contributed by atoms with Gasteiger partial charge in [0.05, 0.1) is 22.7 Å². The molecule has 0 aliphatic carbocycles. The van der Waals surface area contributed by atoms with Crippen molar-refractivity contribution in [1.82, 2.24) is 10.2 Å². The van der Waals surface area contributed by atoms with Crippen molar-refractivity contribution in [3.8, 4) is 0 Å². The fourth-order valence-corrected chi connectivity index (χ4v) is 3.74. The standard InChI is InChI=1S/C18H19N3O4S/c1-13-6-8-14(9-7-13)26(24,25)20-16-5-3-2-4-15(16)18(23)21-11-10-19-17(22)12-21/h2-9,20H,10-12H2,1H3,(H,19,22). The summed E-state index contributed by atoms with van der Waals surface area (Å²) in [5, 5.41) is 2.65. The van der Waals surface area contributed by atoms with Crippen LogP contribution in [0.3, 0.4) is 0 Å². The van der Waals surface area contributed by atoms with Gasteiger partial charge in [-0.3, -0.25) is 14.3 Å². The maximum atomic E-state index is 12.7. The minimum absolute atomic E-state index is 0.0438. The molecule has 1 aliphatic heterocycles. The molecule has 2 N–H and O–H groups in total. The van der Waals surface area contributed by atoms with E-state index in [2.05, 4.69) is 10.0 Å². The SMILES string of the molecule is Cc1ccc(S(=O)(=O)Nc2ccccc2C(=O)N2CCNC(=O)C2)cc1. The van der Waals surface area contributed by atoms with Crippen LogP contribution in [0.15, 0.2) is 53.4 Å². The second-order valence-electron chi connectivity index (χ2n) is 6.04. The number of aryl methyl sites for hydroxylation is 1. The number of hydrogen-bond acceptors (Lipinski definition) is 4. The number of rotatable bonds is 4. The van der Waals surface area contributed by atoms with Gasteiger partial charge in [-0.15, -0.1) is 0 Å². The summed E-state index contributed by atoms with van der Waals surface area (Å²) in [4.78, 5) is 25.8. The van der Waals surface area contributed by atoms with Crippen molar-refractivity contribution in [1.29, 1.82) is 0 Å². The van der Waals surface area contributed by atoms with Crippen molar-refractivity contribution in [2.45, 2.75) is 11.8 Å². The molecule has 0 bridgehead atoms. The van der Waals surface area contributed by atoms with E-state index in [9.17, 15) is 18.0 Å². The number of amides is 2. The van der Waals surface area contributed by atoms with E-state index in [0.717, 1.165) is 5.56 Å². The number of carbonyl (C=O) groups excluding carboxylic acids is 2. The van der Waals surface area contributed by atoms with Crippen LogP contribution in [0.1, 0.15) is 15.9 Å². The molecular formula is C18H19N3O4S. The van der Waals surface area contributed by atoms with E-state index in [1.54, 1.807) is 30.3 Å². The number of para-hydroxylation sites is 1. The van der Waals surface area contributed by atoms with Gasteiger partial charge in [0, 0.05) is 13.1 Å². The summed E-state index contributed by atoms with van der Waals surface area (Å²) in [7, 11) is -3.83. The maximum absolute atomic E-state index is 12.7. The highest BCUT2D eigenvalue weighted by atomic mass is 32.2. The van der Waals surface area contributed by atoms with Crippen molar-refractivity contribution >= 4 is 27.5 Å². The Bertz CT molecular complexity index is 939. The van der Waals surface area contributed by atoms with Crippen LogP contribution in [0.4, 0.5) is 5.69 Å². The molecule has 136 valence electrons. The fraction of sp³-hybridized carbons (Fsp3) is 0.222. The predicted octanol–water partition coefficient (Wildman–Crippen LogP) is 1.37. The minimum atomic E-state index is -3.83. The zero-order valence-corrected chi connectivity index (χ0v) is 15.0. The summed E-state index contributed by atoms with van der Waals surface area (Å²) in [6.07, 6.45) is 0. The second kappa shape index (κ2) is 7.17. The lowest BCUT2D eigenvalue weighted by Gasteiger charge is -2.27. The Morgan fingerprint density at radius 1 is 1.12 bits per heavy atom. The summed E-state index contributed by atoms with van der Waals surface area (Å²) in [6, 6.07) is 12.8. The van der Waals surface area contributed by atoms with Crippen LogP contribution in [0.5, 0.6) is 0 Å². The largest absolute Gasteiger partial charge is 0.353 e. The van der Waals surface area contributed by atoms with Crippen LogP contribution in [-0.4, -0.2) is 44.8 Å². The van der Waals surface area contributed by atoms with Gasteiger partial charge in [-0.05, 0) is 31.2 Å². The van der Waals surface area contributed by atoms with E-state index in [1.807, 2.05) is 6.92 Å². The molecule has 0 spiro atoms. The van der Waals surface area contributed by atoms with Gasteiger partial charge in [0.25, 0.3) is 15.9 Å². The first-order valence-corrected chi connectivity index (χ1v) is 9.59. The highest BCUT2D eigenvalue weighted by Crippen LogP contribution is 2.22. The first kappa shape index (κ1) is 17.9. The van der Waals surface area contributed by atoms with E-state index in [1.165, 1.54) is 23.1 Å². The normalized spacial score (nSPS) is 14.7. The van der Waals surface area contributed by atoms with Gasteiger partial charge < -0.3 is 10.2 Å². The maximum Gasteiger partial charge on any atom is 0.261 e. The van der Waals surface area contributed by atoms with Crippen LogP contribution in [0.2, 0.25) is 0 Å². The molecule has 26 heavy (non-hydrogen) atoms. The first-order chi connectivity index (χ1) is 12.4. The van der Waals surface area contributed by atoms with Gasteiger partial charge in [0.1, 0.15) is 0 Å². The van der Waals surface area contributed by atoms with E-state index in [-0.39, 0.29) is 34.5 Å². The fourth-order valence-electron chi connectivity index (χ4n) is 2.66. The van der Waals surface area contributed by atoms with Gasteiger partial charge in [0.2, 0.25) is 5.91 Å². The third-order valence-corrected chi connectivity index (χ3v) is 5.44. The zero-order valence-electron chi connectivity index (χ0n) is 14.2. The molecule has 1 fully saturated rings. The monoisotopic (exact) mass is 373 g/mol. The molecule has 2 aromatic carbocycles. The van der Waals surface area contributed by atoms with Gasteiger partial charge in [0.15, 0.2) is 0 Å². The number of nitrogens with one attached hydrogen (secondary N) is 2. The minimum Gasteiger partial charge on any atom is -0.353 e. The van der Waals surface area contributed by atoms with Crippen molar-refractivity contribution in [2.75, 3.05) is 24.4 Å². The lowest BCUT2D eigenvalue weighted by Crippen LogP contribution is -2.50. The molecule has 1 aliphatic rings. The molecule has 2 aromatic rings. The molecule has 1 heterocycles. The smallest absolute Gasteiger partial charge is 0.261 e. The quantitative estimate of drug-likeness (QED) is 0.846. The number of hydrogen-bond donors (Lipinski definition) is 2. The highest BCUT2D eigenvalue weighted by Gasteiger charge is 2.25. The molecule has 7 nitrogen and oxygen atoms in total. The van der Waals surface area contributed by atoms with Gasteiger partial charge in [-0.2, -0.15) is 0 Å². The lowest BCUT2D eigenvalue weighted by molar-refractivity contribution is -0.123. The van der Waals surface area contributed by atoms with Crippen LogP contribution in [-0.2, 0) is 14.8 Å². The molecule has 0 saturated carbocycles. The summed E-state index contributed by atoms with van der Waals surface area (Å²) in [5.41, 5.74) is 1.34. The third-order valence-electron chi connectivity index (χ3n) is 4.06. The molecular weight excluding hydrogens is 354 g/mol. The Hall–Kier alpha value is -2.87. The molecule has 0 atom stereocenters. The number of benzene rings is 2. The van der Waals surface area contributed by atoms with Crippen LogP contribution in [0.25, 0.3) is 0 Å². The zero-order chi connectivity index (χ0) is 18.7. The van der Waals surface area contributed by atoms with E-state index in [4.69, 9.17) is 0 Å². The Kier molecular flexibility index (Phi) is 4.94. The summed E-state index contributed by atoms with van der Waals surface area (Å²) < 4.78 is 27.7. The Labute approximate surface area is 152 Å². The van der Waals surface area contributed by atoms with Gasteiger partial charge in [-0.1, -0.05) is 29.8 Å². The molecule has 2 amide bonds. The number of anilines is 1. The molecule has 0 unspecified atom stereocenters. The van der Waals surface area contributed by atoms with E-state index >= 15 is 0 Å². The average molecular weight is 373 g/mol. The second-order valence-corrected chi connectivity index (χ2v) is 7.72. The number of carbonyl (C=O) groups is 2. The van der Waals surface area contributed by atoms with Crippen molar-refractivity contribution < 1.29 is 18.0 Å². The Morgan fingerprint density at radius 3 is 2.50 bits per heavy atom. The summed E-state index contributed by atoms with van der Waals surface area (Å²) in [5.74, 6) is -0.621. The molecule has 1 saturated heterocycles. The average Bonchev–Trinajstić information content (AvgIpc) is 2.62. The van der Waals surface area contributed by atoms with Crippen LogP contribution < -0.4 is 10.0 Å². The van der Waals surface area contributed by atoms with Crippen molar-refractivity contribution in [2.24, 2.45) is 0 Å². The topological polar surface area (TPSA) is 95.6 Å². The number of sulfonamides is 1. The van der Waals surface area contributed by atoms with Crippen molar-refractivity contribution in [3.05, 3.63) is 59.7 Å². The number of nitrogens with zero attached hydrogens (tertiary/aromatic N) is 1. The summed E-state index contributed by atoms with van der Waals surface area (Å²) in [6.45, 7) is 2.58. The van der Waals surface area contributed by atoms with E-state index < -0.39 is 10.0 Å².